The van der Waals surface area contributed by atoms with Gasteiger partial charge >= 0.3 is 0 Å². The molecule has 84 valence electrons. The minimum atomic E-state index is -0.693. The van der Waals surface area contributed by atoms with Gasteiger partial charge in [0.15, 0.2) is 0 Å². The van der Waals surface area contributed by atoms with Gasteiger partial charge in [-0.25, -0.2) is 0 Å². The monoisotopic (exact) mass is 239 g/mol. The van der Waals surface area contributed by atoms with E-state index in [0.29, 0.717) is 16.3 Å². The lowest BCUT2D eigenvalue weighted by atomic mass is 10.1. The van der Waals surface area contributed by atoms with Gasteiger partial charge in [-0.1, -0.05) is 11.6 Å². The van der Waals surface area contributed by atoms with E-state index in [9.17, 15) is 14.7 Å². The molecule has 0 saturated heterocycles. The van der Waals surface area contributed by atoms with Crippen LogP contribution in [0.3, 0.4) is 0 Å². The molecule has 1 atom stereocenters. The molecule has 5 heteroatoms. The number of Topliss-reactive ketones (excluding diaryl/α,β-unsaturated/α-hetero) is 1. The molecule has 0 spiro atoms. The highest BCUT2D eigenvalue weighted by Gasteiger charge is 2.36. The van der Waals surface area contributed by atoms with Crippen LogP contribution in [0.2, 0.25) is 5.02 Å². The first kappa shape index (κ1) is 11.1. The Bertz CT molecular complexity index is 470. The maximum absolute atomic E-state index is 11.6. The summed E-state index contributed by atoms with van der Waals surface area (Å²) in [6, 6.07) is 4.65. The van der Waals surface area contributed by atoms with Crippen LogP contribution in [0.15, 0.2) is 18.2 Å². The predicted molar refractivity (Wildman–Crippen MR) is 59.8 cm³/mol. The third-order valence-corrected chi connectivity index (χ3v) is 2.62. The van der Waals surface area contributed by atoms with Crippen LogP contribution in [-0.2, 0) is 4.79 Å². The molecule has 1 N–H and O–H groups in total. The third kappa shape index (κ3) is 1.70. The van der Waals surface area contributed by atoms with E-state index in [2.05, 4.69) is 0 Å². The number of nitrogens with zero attached hydrogens (tertiary/aromatic N) is 1. The average Bonchev–Trinajstić information content (AvgIpc) is 2.43. The van der Waals surface area contributed by atoms with E-state index in [1.165, 1.54) is 11.0 Å². The summed E-state index contributed by atoms with van der Waals surface area (Å²) in [4.78, 5) is 24.5. The van der Waals surface area contributed by atoms with E-state index >= 15 is 0 Å². The van der Waals surface area contributed by atoms with Crippen LogP contribution in [0.4, 0.5) is 5.69 Å². The Labute approximate surface area is 97.4 Å². The molecule has 1 aliphatic heterocycles. The summed E-state index contributed by atoms with van der Waals surface area (Å²) in [6.45, 7) is 1.65. The number of fused-ring (bicyclic) bond motifs is 1. The second kappa shape index (κ2) is 3.88. The third-order valence-electron chi connectivity index (χ3n) is 2.38. The molecule has 1 aromatic carbocycles. The molecule has 1 unspecified atom stereocenters. The highest BCUT2D eigenvalue weighted by atomic mass is 35.5. The van der Waals surface area contributed by atoms with Crippen molar-refractivity contribution in [2.24, 2.45) is 0 Å². The first-order chi connectivity index (χ1) is 7.50. The average molecular weight is 240 g/mol. The zero-order chi connectivity index (χ0) is 11.9. The molecule has 2 rings (SSSR count). The molecule has 1 aliphatic rings. The van der Waals surface area contributed by atoms with Gasteiger partial charge in [-0.3, -0.25) is 9.59 Å². The van der Waals surface area contributed by atoms with Crippen molar-refractivity contribution in [3.63, 3.8) is 0 Å². The van der Waals surface area contributed by atoms with Crippen molar-refractivity contribution < 1.29 is 14.7 Å². The van der Waals surface area contributed by atoms with Crippen molar-refractivity contribution in [3.05, 3.63) is 28.8 Å². The quantitative estimate of drug-likeness (QED) is 0.791. The highest BCUT2D eigenvalue weighted by Crippen LogP contribution is 2.31. The van der Waals surface area contributed by atoms with E-state index in [-0.39, 0.29) is 6.54 Å². The van der Waals surface area contributed by atoms with Gasteiger partial charge in [0.2, 0.25) is 0 Å². The lowest BCUT2D eigenvalue weighted by molar-refractivity contribution is -0.114. The molecule has 0 fully saturated rings. The van der Waals surface area contributed by atoms with E-state index in [4.69, 9.17) is 11.6 Å². The van der Waals surface area contributed by atoms with E-state index in [0.717, 1.165) is 0 Å². The summed E-state index contributed by atoms with van der Waals surface area (Å²) in [5, 5.41) is 9.73. The van der Waals surface area contributed by atoms with Crippen molar-refractivity contribution in [2.45, 2.75) is 13.0 Å². The molecule has 1 aromatic rings. The fourth-order valence-corrected chi connectivity index (χ4v) is 1.88. The fourth-order valence-electron chi connectivity index (χ4n) is 1.71. The summed E-state index contributed by atoms with van der Waals surface area (Å²) in [6.07, 6.45) is -0.693. The van der Waals surface area contributed by atoms with Crippen molar-refractivity contribution >= 4 is 29.0 Å². The number of aliphatic hydroxyl groups excluding tert-OH is 1. The molecule has 16 heavy (non-hydrogen) atoms. The van der Waals surface area contributed by atoms with Gasteiger partial charge < -0.3 is 10.0 Å². The zero-order valence-corrected chi connectivity index (χ0v) is 9.36. The van der Waals surface area contributed by atoms with Crippen LogP contribution in [0.1, 0.15) is 17.3 Å². The number of carbonyl (C=O) groups is 2. The number of hydrogen-bond donors (Lipinski definition) is 1. The number of anilines is 1. The first-order valence-electron chi connectivity index (χ1n) is 4.84. The molecule has 0 bridgehead atoms. The van der Waals surface area contributed by atoms with Gasteiger partial charge in [0.25, 0.3) is 11.7 Å². The summed E-state index contributed by atoms with van der Waals surface area (Å²) >= 11 is 5.81. The number of halogens is 1. The smallest absolute Gasteiger partial charge is 0.299 e. The number of aliphatic hydroxyl groups is 1. The zero-order valence-electron chi connectivity index (χ0n) is 8.61. The molecule has 0 radical (unpaired) electrons. The molecular formula is C11H10ClNO3. The Hall–Kier alpha value is -1.39. The molecule has 0 aromatic heterocycles. The Morgan fingerprint density at radius 3 is 2.75 bits per heavy atom. The van der Waals surface area contributed by atoms with Gasteiger partial charge in [0.1, 0.15) is 0 Å². The molecule has 0 saturated carbocycles. The van der Waals surface area contributed by atoms with E-state index < -0.39 is 17.8 Å². The Morgan fingerprint density at radius 1 is 1.44 bits per heavy atom. The number of benzene rings is 1. The summed E-state index contributed by atoms with van der Waals surface area (Å²) in [5.74, 6) is -1.16. The lowest BCUT2D eigenvalue weighted by Gasteiger charge is -2.18. The Balaban J connectivity index is 2.47. The van der Waals surface area contributed by atoms with Gasteiger partial charge in [-0.2, -0.15) is 0 Å². The maximum atomic E-state index is 11.6. The highest BCUT2D eigenvalue weighted by molar-refractivity contribution is 6.52. The van der Waals surface area contributed by atoms with Crippen LogP contribution in [0.25, 0.3) is 0 Å². The minimum absolute atomic E-state index is 0.0952. The SMILES string of the molecule is CC(O)CN1C(=O)C(=O)c2ccc(Cl)cc21. The normalized spacial score (nSPS) is 16.6. The van der Waals surface area contributed by atoms with Crippen molar-refractivity contribution in [1.82, 2.24) is 0 Å². The summed E-state index contributed by atoms with van der Waals surface area (Å²) in [5.41, 5.74) is 0.818. The van der Waals surface area contributed by atoms with Crippen molar-refractivity contribution in [2.75, 3.05) is 11.4 Å². The second-order valence-corrected chi connectivity index (χ2v) is 4.19. The summed E-state index contributed by atoms with van der Waals surface area (Å²) < 4.78 is 0. The van der Waals surface area contributed by atoms with Crippen molar-refractivity contribution in [3.8, 4) is 0 Å². The molecule has 0 aliphatic carbocycles. The number of amides is 1. The number of ketones is 1. The van der Waals surface area contributed by atoms with Crippen LogP contribution >= 0.6 is 11.6 Å². The van der Waals surface area contributed by atoms with Crippen LogP contribution < -0.4 is 4.90 Å². The first-order valence-corrected chi connectivity index (χ1v) is 5.22. The van der Waals surface area contributed by atoms with Crippen LogP contribution in [0.5, 0.6) is 0 Å². The van der Waals surface area contributed by atoms with Gasteiger partial charge in [0, 0.05) is 5.02 Å². The standard InChI is InChI=1S/C11H10ClNO3/c1-6(14)5-13-9-4-7(12)2-3-8(9)10(15)11(13)16/h2-4,6,14H,5H2,1H3. The van der Waals surface area contributed by atoms with Crippen LogP contribution in [0, 0.1) is 0 Å². The topological polar surface area (TPSA) is 57.6 Å². The second-order valence-electron chi connectivity index (χ2n) is 3.76. The lowest BCUT2D eigenvalue weighted by Crippen LogP contribution is -2.35. The summed E-state index contributed by atoms with van der Waals surface area (Å²) in [7, 11) is 0. The van der Waals surface area contributed by atoms with Gasteiger partial charge in [0.05, 0.1) is 23.9 Å². The van der Waals surface area contributed by atoms with Gasteiger partial charge in [-0.05, 0) is 25.1 Å². The number of carbonyl (C=O) groups excluding carboxylic acids is 2. The number of β-amino-alcohol motifs (C(OH)–C–C–N with tert-alkyl or cyclic N) is 1. The van der Waals surface area contributed by atoms with Gasteiger partial charge in [-0.15, -0.1) is 0 Å². The Morgan fingerprint density at radius 2 is 2.12 bits per heavy atom. The number of hydrogen-bond acceptors (Lipinski definition) is 3. The van der Waals surface area contributed by atoms with Crippen LogP contribution in [-0.4, -0.2) is 29.4 Å². The molecule has 4 nitrogen and oxygen atoms in total. The van der Waals surface area contributed by atoms with Crippen molar-refractivity contribution in [1.29, 1.82) is 0 Å². The number of rotatable bonds is 2. The Kier molecular flexibility index (Phi) is 2.69. The molecular weight excluding hydrogens is 230 g/mol. The fraction of sp³-hybridized carbons (Fsp3) is 0.273. The molecule has 1 amide bonds. The van der Waals surface area contributed by atoms with E-state index in [1.54, 1.807) is 19.1 Å². The van der Waals surface area contributed by atoms with E-state index in [1.807, 2.05) is 0 Å². The largest absolute Gasteiger partial charge is 0.392 e. The predicted octanol–water partition coefficient (Wildman–Crippen LogP) is 1.25. The maximum Gasteiger partial charge on any atom is 0.299 e. The minimum Gasteiger partial charge on any atom is -0.392 e. The molecule has 1 heterocycles.